The predicted molar refractivity (Wildman–Crippen MR) is 81.0 cm³/mol. The van der Waals surface area contributed by atoms with Crippen LogP contribution >= 0.6 is 0 Å². The number of rotatable bonds is 3. The number of aromatic amines is 1. The second-order valence-electron chi connectivity index (χ2n) is 5.35. The van der Waals surface area contributed by atoms with Gasteiger partial charge in [0.15, 0.2) is 5.69 Å². The maximum atomic E-state index is 12.7. The maximum absolute atomic E-state index is 12.7. The van der Waals surface area contributed by atoms with Crippen molar-refractivity contribution in [3.63, 3.8) is 0 Å². The van der Waals surface area contributed by atoms with Crippen LogP contribution in [0.3, 0.4) is 0 Å². The summed E-state index contributed by atoms with van der Waals surface area (Å²) >= 11 is 0. The zero-order valence-electron chi connectivity index (χ0n) is 12.1. The first-order chi connectivity index (χ1) is 10.4. The average molecular weight is 323 g/mol. The Hall–Kier alpha value is -1.97. The van der Waals surface area contributed by atoms with Gasteiger partial charge in [0.1, 0.15) is 0 Å². The van der Waals surface area contributed by atoms with Crippen molar-refractivity contribution in [2.75, 3.05) is 33.2 Å². The maximum Gasteiger partial charge on any atom is 0.243 e. The molecule has 0 saturated carbocycles. The number of nitrogens with zero attached hydrogens (tertiary/aromatic N) is 3. The van der Waals surface area contributed by atoms with E-state index in [0.717, 1.165) is 0 Å². The predicted octanol–water partition coefficient (Wildman–Crippen LogP) is 1.47. The second-order valence-corrected chi connectivity index (χ2v) is 7.29. The molecule has 8 nitrogen and oxygen atoms in total. The molecule has 0 bridgehead atoms. The molecule has 3 N–H and O–H groups in total. The van der Waals surface area contributed by atoms with Crippen LogP contribution < -0.4 is 0 Å². The fourth-order valence-electron chi connectivity index (χ4n) is 2.59. The van der Waals surface area contributed by atoms with Gasteiger partial charge in [-0.3, -0.25) is 0 Å². The van der Waals surface area contributed by atoms with E-state index in [0.29, 0.717) is 37.1 Å². The molecule has 0 unspecified atom stereocenters. The SMILES string of the molecule is CN1CCN(S(=O)(=O)c2ccc3[nH]c(O)c(N=N)c3c2)CC1. The normalized spacial score (nSPS) is 17.9. The van der Waals surface area contributed by atoms with E-state index in [1.54, 1.807) is 6.07 Å². The summed E-state index contributed by atoms with van der Waals surface area (Å²) in [5.74, 6) is -0.237. The van der Waals surface area contributed by atoms with Crippen molar-refractivity contribution in [3.8, 4) is 5.88 Å². The van der Waals surface area contributed by atoms with Gasteiger partial charge in [-0.2, -0.15) is 9.42 Å². The first kappa shape index (κ1) is 14.9. The molecule has 2 aromatic rings. The summed E-state index contributed by atoms with van der Waals surface area (Å²) in [5.41, 5.74) is 7.70. The quantitative estimate of drug-likeness (QED) is 0.742. The van der Waals surface area contributed by atoms with Crippen LogP contribution in [0.15, 0.2) is 28.2 Å². The minimum absolute atomic E-state index is 0.0467. The summed E-state index contributed by atoms with van der Waals surface area (Å²) in [6, 6.07) is 4.53. The van der Waals surface area contributed by atoms with E-state index in [2.05, 4.69) is 15.0 Å². The number of piperazine rings is 1. The number of benzene rings is 1. The van der Waals surface area contributed by atoms with Gasteiger partial charge in [-0.1, -0.05) is 0 Å². The molecule has 118 valence electrons. The van der Waals surface area contributed by atoms with Crippen LogP contribution in [0.4, 0.5) is 5.69 Å². The average Bonchev–Trinajstić information content (AvgIpc) is 2.81. The highest BCUT2D eigenvalue weighted by Gasteiger charge is 2.28. The lowest BCUT2D eigenvalue weighted by Gasteiger charge is -2.31. The monoisotopic (exact) mass is 323 g/mol. The van der Waals surface area contributed by atoms with Crippen molar-refractivity contribution < 1.29 is 13.5 Å². The third kappa shape index (κ3) is 2.36. The van der Waals surface area contributed by atoms with Gasteiger partial charge in [0.25, 0.3) is 0 Å². The Morgan fingerprint density at radius 2 is 1.95 bits per heavy atom. The Bertz CT molecular complexity index is 822. The van der Waals surface area contributed by atoms with Crippen molar-refractivity contribution in [1.29, 1.82) is 5.53 Å². The van der Waals surface area contributed by atoms with E-state index in [1.807, 2.05) is 7.05 Å². The Labute approximate surface area is 127 Å². The molecule has 1 aromatic carbocycles. The zero-order chi connectivity index (χ0) is 15.9. The number of nitrogens with one attached hydrogen (secondary N) is 2. The summed E-state index contributed by atoms with van der Waals surface area (Å²) < 4.78 is 26.9. The van der Waals surface area contributed by atoms with Crippen LogP contribution in [0.2, 0.25) is 0 Å². The van der Waals surface area contributed by atoms with Crippen molar-refractivity contribution in [3.05, 3.63) is 18.2 Å². The molecule has 1 fully saturated rings. The number of H-pyrrole nitrogens is 1. The fourth-order valence-corrected chi connectivity index (χ4v) is 4.04. The van der Waals surface area contributed by atoms with Crippen LogP contribution in [0.25, 0.3) is 10.9 Å². The molecule has 1 saturated heterocycles. The van der Waals surface area contributed by atoms with Gasteiger partial charge in [-0.15, -0.1) is 0 Å². The lowest BCUT2D eigenvalue weighted by molar-refractivity contribution is 0.222. The number of hydrogen-bond acceptors (Lipinski definition) is 6. The summed E-state index contributed by atoms with van der Waals surface area (Å²) in [7, 11) is -1.63. The number of aromatic nitrogens is 1. The van der Waals surface area contributed by atoms with Crippen LogP contribution in [0, 0.1) is 5.53 Å². The van der Waals surface area contributed by atoms with Gasteiger partial charge < -0.3 is 15.0 Å². The molecule has 1 aliphatic heterocycles. The number of aromatic hydroxyl groups is 1. The topological polar surface area (TPSA) is 113 Å². The third-order valence-electron chi connectivity index (χ3n) is 3.94. The number of fused-ring (bicyclic) bond motifs is 1. The van der Waals surface area contributed by atoms with E-state index in [4.69, 9.17) is 5.53 Å². The number of hydrogen-bond donors (Lipinski definition) is 3. The first-order valence-corrected chi connectivity index (χ1v) is 8.28. The van der Waals surface area contributed by atoms with E-state index in [-0.39, 0.29) is 16.5 Å². The Morgan fingerprint density at radius 1 is 1.27 bits per heavy atom. The third-order valence-corrected chi connectivity index (χ3v) is 5.83. The van der Waals surface area contributed by atoms with Crippen LogP contribution in [-0.2, 0) is 10.0 Å². The summed E-state index contributed by atoms with van der Waals surface area (Å²) in [6.45, 7) is 2.29. The largest absolute Gasteiger partial charge is 0.493 e. The molecule has 3 rings (SSSR count). The van der Waals surface area contributed by atoms with Gasteiger partial charge in [-0.05, 0) is 25.2 Å². The molecule has 0 amide bonds. The van der Waals surface area contributed by atoms with Crippen molar-refractivity contribution in [2.24, 2.45) is 5.11 Å². The highest BCUT2D eigenvalue weighted by Crippen LogP contribution is 2.36. The van der Waals surface area contributed by atoms with E-state index < -0.39 is 10.0 Å². The van der Waals surface area contributed by atoms with Crippen LogP contribution in [-0.4, -0.2) is 60.9 Å². The zero-order valence-corrected chi connectivity index (χ0v) is 12.9. The number of likely N-dealkylation sites (N-methyl/N-ethyl adjacent to an activating group) is 1. The van der Waals surface area contributed by atoms with Crippen molar-refractivity contribution in [2.45, 2.75) is 4.90 Å². The van der Waals surface area contributed by atoms with Crippen LogP contribution in [0.5, 0.6) is 5.88 Å². The lowest BCUT2D eigenvalue weighted by Crippen LogP contribution is -2.46. The lowest BCUT2D eigenvalue weighted by atomic mass is 10.2. The van der Waals surface area contributed by atoms with Gasteiger partial charge >= 0.3 is 0 Å². The van der Waals surface area contributed by atoms with E-state index in [1.165, 1.54) is 16.4 Å². The Balaban J connectivity index is 2.03. The molecular weight excluding hydrogens is 306 g/mol. The summed E-state index contributed by atoms with van der Waals surface area (Å²) in [4.78, 5) is 4.90. The molecular formula is C13H17N5O3S. The highest BCUT2D eigenvalue weighted by molar-refractivity contribution is 7.89. The molecule has 0 atom stereocenters. The molecule has 1 aromatic heterocycles. The molecule has 0 spiro atoms. The van der Waals surface area contributed by atoms with Gasteiger partial charge in [-0.25, -0.2) is 13.9 Å². The van der Waals surface area contributed by atoms with E-state index >= 15 is 0 Å². The first-order valence-electron chi connectivity index (χ1n) is 6.84. The van der Waals surface area contributed by atoms with Crippen molar-refractivity contribution in [1.82, 2.24) is 14.2 Å². The van der Waals surface area contributed by atoms with Crippen molar-refractivity contribution >= 4 is 26.6 Å². The fraction of sp³-hybridized carbons (Fsp3) is 0.385. The summed E-state index contributed by atoms with van der Waals surface area (Å²) in [5, 5.41) is 13.3. The number of sulfonamides is 1. The Kier molecular flexibility index (Phi) is 3.63. The minimum Gasteiger partial charge on any atom is -0.493 e. The minimum atomic E-state index is -3.58. The molecule has 0 radical (unpaired) electrons. The van der Waals surface area contributed by atoms with Gasteiger partial charge in [0.05, 0.1) is 10.4 Å². The Morgan fingerprint density at radius 3 is 2.59 bits per heavy atom. The van der Waals surface area contributed by atoms with Gasteiger partial charge in [0.2, 0.25) is 15.9 Å². The molecule has 9 heteroatoms. The molecule has 1 aliphatic rings. The smallest absolute Gasteiger partial charge is 0.243 e. The highest BCUT2D eigenvalue weighted by atomic mass is 32.2. The van der Waals surface area contributed by atoms with Gasteiger partial charge in [0, 0.05) is 31.6 Å². The molecule has 2 heterocycles. The standard InChI is InChI=1S/C13H17N5O3S/c1-17-4-6-18(7-5-17)22(20,21)9-2-3-11-10(8-9)12(16-14)13(19)15-11/h2-3,8,14-15,19H,4-7H2,1H3. The second kappa shape index (κ2) is 5.34. The van der Waals surface area contributed by atoms with Crippen LogP contribution in [0.1, 0.15) is 0 Å². The van der Waals surface area contributed by atoms with E-state index in [9.17, 15) is 13.5 Å². The molecule has 0 aliphatic carbocycles. The summed E-state index contributed by atoms with van der Waals surface area (Å²) in [6.07, 6.45) is 0. The molecule has 22 heavy (non-hydrogen) atoms.